The lowest BCUT2D eigenvalue weighted by Crippen LogP contribution is -2.30. The van der Waals surface area contributed by atoms with Crippen molar-refractivity contribution in [3.63, 3.8) is 0 Å². The highest BCUT2D eigenvalue weighted by Crippen LogP contribution is 2.12. The van der Waals surface area contributed by atoms with Gasteiger partial charge in [-0.2, -0.15) is 0 Å². The Morgan fingerprint density at radius 1 is 1.19 bits per heavy atom. The predicted octanol–water partition coefficient (Wildman–Crippen LogP) is 2.75. The van der Waals surface area contributed by atoms with Crippen LogP contribution in [-0.4, -0.2) is 25.7 Å². The van der Waals surface area contributed by atoms with Gasteiger partial charge in [0.1, 0.15) is 6.61 Å². The lowest BCUT2D eigenvalue weighted by atomic mass is 9.99. The Morgan fingerprint density at radius 2 is 1.88 bits per heavy atom. The first-order valence-corrected chi connectivity index (χ1v) is 6.30. The maximum absolute atomic E-state index is 11.3. The molecule has 0 aliphatic rings. The molecule has 3 nitrogen and oxygen atoms in total. The average molecular weight is 229 g/mol. The fraction of sp³-hybridized carbons (Fsp3) is 0.923. The van der Waals surface area contributed by atoms with Gasteiger partial charge in [-0.3, -0.25) is 4.79 Å². The van der Waals surface area contributed by atoms with Gasteiger partial charge in [-0.25, -0.2) is 0 Å². The summed E-state index contributed by atoms with van der Waals surface area (Å²) in [6.07, 6.45) is 4.73. The molecule has 0 aliphatic heterocycles. The third-order valence-corrected chi connectivity index (χ3v) is 2.12. The molecule has 0 aromatic heterocycles. The summed E-state index contributed by atoms with van der Waals surface area (Å²) in [5.41, 5.74) is 0.126. The number of carbonyl (C=O) groups is 1. The molecule has 0 spiro atoms. The van der Waals surface area contributed by atoms with Gasteiger partial charge >= 0.3 is 0 Å². The van der Waals surface area contributed by atoms with Gasteiger partial charge in [-0.05, 0) is 11.8 Å². The topological polar surface area (TPSA) is 38.3 Å². The summed E-state index contributed by atoms with van der Waals surface area (Å²) in [5.74, 6) is 0.000693. The Hall–Kier alpha value is -0.570. The quantitative estimate of drug-likeness (QED) is 0.650. The van der Waals surface area contributed by atoms with Crippen LogP contribution < -0.4 is 5.32 Å². The van der Waals surface area contributed by atoms with Crippen molar-refractivity contribution in [3.8, 4) is 0 Å². The van der Waals surface area contributed by atoms with E-state index in [1.165, 1.54) is 19.3 Å². The van der Waals surface area contributed by atoms with E-state index in [1.807, 2.05) is 0 Å². The van der Waals surface area contributed by atoms with E-state index in [1.54, 1.807) is 0 Å². The van der Waals surface area contributed by atoms with Crippen LogP contribution in [0.2, 0.25) is 0 Å². The van der Waals surface area contributed by atoms with Gasteiger partial charge in [-0.15, -0.1) is 0 Å². The smallest absolute Gasteiger partial charge is 0.245 e. The van der Waals surface area contributed by atoms with Gasteiger partial charge < -0.3 is 10.1 Å². The molecule has 0 unspecified atom stereocenters. The first-order valence-electron chi connectivity index (χ1n) is 6.30. The molecule has 0 aliphatic carbocycles. The van der Waals surface area contributed by atoms with Crippen LogP contribution in [0.1, 0.15) is 53.4 Å². The minimum absolute atomic E-state index is 0.000693. The van der Waals surface area contributed by atoms with Crippen LogP contribution in [0.5, 0.6) is 0 Å². The minimum Gasteiger partial charge on any atom is -0.371 e. The van der Waals surface area contributed by atoms with Crippen molar-refractivity contribution in [1.29, 1.82) is 0 Å². The second kappa shape index (κ2) is 8.57. The molecule has 0 aromatic rings. The van der Waals surface area contributed by atoms with Crippen LogP contribution in [0.4, 0.5) is 0 Å². The molecular formula is C13H27NO2. The average Bonchev–Trinajstić information content (AvgIpc) is 2.15. The Labute approximate surface area is 99.9 Å². The van der Waals surface area contributed by atoms with Crippen LogP contribution in [-0.2, 0) is 9.53 Å². The molecule has 0 saturated heterocycles. The molecule has 0 aromatic carbocycles. The van der Waals surface area contributed by atoms with Gasteiger partial charge in [0.15, 0.2) is 0 Å². The maximum Gasteiger partial charge on any atom is 0.245 e. The predicted molar refractivity (Wildman–Crippen MR) is 67.4 cm³/mol. The highest BCUT2D eigenvalue weighted by Gasteiger charge is 2.11. The number of rotatable bonds is 8. The van der Waals surface area contributed by atoms with Crippen molar-refractivity contribution < 1.29 is 9.53 Å². The van der Waals surface area contributed by atoms with E-state index in [-0.39, 0.29) is 17.9 Å². The summed E-state index contributed by atoms with van der Waals surface area (Å²) in [5, 5.41) is 2.86. The SMILES string of the molecule is CCCCCCNC(=O)COCC(C)(C)C. The molecular weight excluding hydrogens is 202 g/mol. The molecule has 96 valence electrons. The van der Waals surface area contributed by atoms with Crippen LogP contribution in [0.15, 0.2) is 0 Å². The summed E-state index contributed by atoms with van der Waals surface area (Å²) < 4.78 is 5.33. The number of hydrogen-bond donors (Lipinski definition) is 1. The number of nitrogens with one attached hydrogen (secondary N) is 1. The van der Waals surface area contributed by atoms with Gasteiger partial charge in [0, 0.05) is 6.54 Å². The van der Waals surface area contributed by atoms with Crippen molar-refractivity contribution in [2.75, 3.05) is 19.8 Å². The van der Waals surface area contributed by atoms with E-state index in [0.717, 1.165) is 13.0 Å². The van der Waals surface area contributed by atoms with Crippen molar-refractivity contribution in [2.45, 2.75) is 53.4 Å². The van der Waals surface area contributed by atoms with Gasteiger partial charge in [0.25, 0.3) is 0 Å². The largest absolute Gasteiger partial charge is 0.371 e. The van der Waals surface area contributed by atoms with Crippen molar-refractivity contribution in [1.82, 2.24) is 5.32 Å². The Morgan fingerprint density at radius 3 is 2.44 bits per heavy atom. The third kappa shape index (κ3) is 11.5. The molecule has 0 fully saturated rings. The van der Waals surface area contributed by atoms with Crippen LogP contribution in [0, 0.1) is 5.41 Å². The fourth-order valence-corrected chi connectivity index (χ4v) is 1.28. The lowest BCUT2D eigenvalue weighted by molar-refractivity contribution is -0.126. The normalized spacial score (nSPS) is 11.5. The summed E-state index contributed by atoms with van der Waals surface area (Å²) in [4.78, 5) is 11.3. The number of carbonyl (C=O) groups excluding carboxylic acids is 1. The van der Waals surface area contributed by atoms with E-state index in [2.05, 4.69) is 33.0 Å². The van der Waals surface area contributed by atoms with Crippen molar-refractivity contribution in [2.24, 2.45) is 5.41 Å². The van der Waals surface area contributed by atoms with Crippen LogP contribution in [0.25, 0.3) is 0 Å². The molecule has 1 amide bonds. The van der Waals surface area contributed by atoms with E-state index in [9.17, 15) is 4.79 Å². The lowest BCUT2D eigenvalue weighted by Gasteiger charge is -2.17. The highest BCUT2D eigenvalue weighted by molar-refractivity contribution is 5.77. The van der Waals surface area contributed by atoms with E-state index in [4.69, 9.17) is 4.74 Å². The Bertz CT molecular complexity index is 185. The molecule has 3 heteroatoms. The zero-order valence-corrected chi connectivity index (χ0v) is 11.3. The van der Waals surface area contributed by atoms with Crippen molar-refractivity contribution >= 4 is 5.91 Å². The molecule has 16 heavy (non-hydrogen) atoms. The van der Waals surface area contributed by atoms with E-state index < -0.39 is 0 Å². The first kappa shape index (κ1) is 15.4. The van der Waals surface area contributed by atoms with Gasteiger partial charge in [0.2, 0.25) is 5.91 Å². The summed E-state index contributed by atoms with van der Waals surface area (Å²) in [7, 11) is 0. The number of ether oxygens (including phenoxy) is 1. The second-order valence-corrected chi connectivity index (χ2v) is 5.46. The summed E-state index contributed by atoms with van der Waals surface area (Å²) in [6, 6.07) is 0. The van der Waals surface area contributed by atoms with Gasteiger partial charge in [0.05, 0.1) is 6.61 Å². The number of amides is 1. The van der Waals surface area contributed by atoms with Gasteiger partial charge in [-0.1, -0.05) is 47.0 Å². The fourth-order valence-electron chi connectivity index (χ4n) is 1.28. The molecule has 0 rings (SSSR count). The zero-order chi connectivity index (χ0) is 12.4. The maximum atomic E-state index is 11.3. The number of unbranched alkanes of at least 4 members (excludes halogenated alkanes) is 3. The molecule has 0 atom stereocenters. The third-order valence-electron chi connectivity index (χ3n) is 2.12. The summed E-state index contributed by atoms with van der Waals surface area (Å²) in [6.45, 7) is 10.0. The number of hydrogen-bond acceptors (Lipinski definition) is 2. The van der Waals surface area contributed by atoms with Crippen molar-refractivity contribution in [3.05, 3.63) is 0 Å². The van der Waals surface area contributed by atoms with E-state index >= 15 is 0 Å². The molecule has 0 saturated carbocycles. The molecule has 1 N–H and O–H groups in total. The zero-order valence-electron chi connectivity index (χ0n) is 11.3. The monoisotopic (exact) mass is 229 g/mol. The molecule has 0 radical (unpaired) electrons. The van der Waals surface area contributed by atoms with E-state index in [0.29, 0.717) is 6.61 Å². The van der Waals surface area contributed by atoms with Crippen LogP contribution >= 0.6 is 0 Å². The minimum atomic E-state index is 0.000693. The molecule has 0 bridgehead atoms. The highest BCUT2D eigenvalue weighted by atomic mass is 16.5. The molecule has 0 heterocycles. The summed E-state index contributed by atoms with van der Waals surface area (Å²) >= 11 is 0. The second-order valence-electron chi connectivity index (χ2n) is 5.46. The Balaban J connectivity index is 3.32. The Kier molecular flexibility index (Phi) is 8.26. The standard InChI is InChI=1S/C13H27NO2/c1-5-6-7-8-9-14-12(15)10-16-11-13(2,3)4/h5-11H2,1-4H3,(H,14,15). The van der Waals surface area contributed by atoms with Crippen LogP contribution in [0.3, 0.4) is 0 Å². The first-order chi connectivity index (χ1) is 7.45.